The second kappa shape index (κ2) is 3.90. The summed E-state index contributed by atoms with van der Waals surface area (Å²) in [6.07, 6.45) is 4.57. The van der Waals surface area contributed by atoms with E-state index in [0.717, 1.165) is 5.56 Å². The van der Waals surface area contributed by atoms with Crippen LogP contribution in [0.4, 0.5) is 5.82 Å². The van der Waals surface area contributed by atoms with Gasteiger partial charge in [0.1, 0.15) is 6.33 Å². The number of aromatic nitrogens is 2. The molecule has 1 aliphatic rings. The van der Waals surface area contributed by atoms with Crippen LogP contribution in [-0.4, -0.2) is 22.0 Å². The first-order valence-corrected chi connectivity index (χ1v) is 5.29. The molecule has 0 saturated carbocycles. The summed E-state index contributed by atoms with van der Waals surface area (Å²) in [4.78, 5) is 24.3. The molecule has 0 saturated heterocycles. The van der Waals surface area contributed by atoms with E-state index < -0.39 is 0 Å². The van der Waals surface area contributed by atoms with E-state index >= 15 is 0 Å². The molecule has 1 aromatic heterocycles. The number of hydrogen-bond acceptors (Lipinski definition) is 4. The Bertz CT molecular complexity index is 593. The number of carbonyl (C=O) groups is 1. The highest BCUT2D eigenvalue weighted by atomic mass is 16.1. The SMILES string of the molecule is O=C1c2cncnc2N=CC1c1ccccc1. The number of aliphatic imine (C=N–C) groups is 1. The molecular weight excluding hydrogens is 214 g/mol. The van der Waals surface area contributed by atoms with Crippen LogP contribution >= 0.6 is 0 Å². The van der Waals surface area contributed by atoms with Crippen LogP contribution in [0.5, 0.6) is 0 Å². The highest BCUT2D eigenvalue weighted by molar-refractivity contribution is 6.15. The van der Waals surface area contributed by atoms with Crippen LogP contribution in [0.1, 0.15) is 21.8 Å². The van der Waals surface area contributed by atoms with Crippen LogP contribution in [-0.2, 0) is 0 Å². The van der Waals surface area contributed by atoms with Gasteiger partial charge in [0.05, 0.1) is 11.5 Å². The van der Waals surface area contributed by atoms with Crippen molar-refractivity contribution < 1.29 is 4.79 Å². The lowest BCUT2D eigenvalue weighted by Gasteiger charge is -2.16. The van der Waals surface area contributed by atoms with E-state index in [9.17, 15) is 4.79 Å². The van der Waals surface area contributed by atoms with Crippen LogP contribution < -0.4 is 0 Å². The van der Waals surface area contributed by atoms with Crippen molar-refractivity contribution in [1.82, 2.24) is 9.97 Å². The summed E-state index contributed by atoms with van der Waals surface area (Å²) >= 11 is 0. The van der Waals surface area contributed by atoms with Crippen LogP contribution in [0, 0.1) is 0 Å². The van der Waals surface area contributed by atoms with Crippen LogP contribution in [0.25, 0.3) is 0 Å². The molecule has 82 valence electrons. The van der Waals surface area contributed by atoms with Gasteiger partial charge in [-0.15, -0.1) is 0 Å². The standard InChI is InChI=1S/C13H9N3O/c17-12-10(9-4-2-1-3-5-9)7-15-13-11(12)6-14-8-16-13/h1-8,10H. The summed E-state index contributed by atoms with van der Waals surface area (Å²) in [6.45, 7) is 0. The van der Waals surface area contributed by atoms with Crippen LogP contribution in [0.15, 0.2) is 47.8 Å². The van der Waals surface area contributed by atoms with Crippen molar-refractivity contribution in [2.24, 2.45) is 4.99 Å². The molecule has 2 heterocycles. The quantitative estimate of drug-likeness (QED) is 0.744. The summed E-state index contributed by atoms with van der Waals surface area (Å²) in [6, 6.07) is 9.58. The van der Waals surface area contributed by atoms with Gasteiger partial charge in [-0.2, -0.15) is 0 Å². The predicted molar refractivity (Wildman–Crippen MR) is 63.7 cm³/mol. The predicted octanol–water partition coefficient (Wildman–Crippen LogP) is 2.16. The molecule has 1 atom stereocenters. The molecule has 1 aromatic carbocycles. The number of fused-ring (bicyclic) bond motifs is 1. The summed E-state index contributed by atoms with van der Waals surface area (Å²) < 4.78 is 0. The number of ketones is 1. The third kappa shape index (κ3) is 1.63. The second-order valence-electron chi connectivity index (χ2n) is 3.79. The van der Waals surface area contributed by atoms with Crippen molar-refractivity contribution in [3.63, 3.8) is 0 Å². The molecule has 4 heteroatoms. The molecule has 17 heavy (non-hydrogen) atoms. The van der Waals surface area contributed by atoms with Crippen molar-refractivity contribution in [2.75, 3.05) is 0 Å². The number of rotatable bonds is 1. The first-order valence-electron chi connectivity index (χ1n) is 5.29. The van der Waals surface area contributed by atoms with Gasteiger partial charge < -0.3 is 0 Å². The Morgan fingerprint density at radius 1 is 1.12 bits per heavy atom. The van der Waals surface area contributed by atoms with Crippen molar-refractivity contribution in [3.05, 3.63) is 54.0 Å². The first-order chi connectivity index (χ1) is 8.36. The van der Waals surface area contributed by atoms with Crippen molar-refractivity contribution in [2.45, 2.75) is 5.92 Å². The van der Waals surface area contributed by atoms with E-state index in [0.29, 0.717) is 11.4 Å². The lowest BCUT2D eigenvalue weighted by molar-refractivity contribution is 0.0982. The van der Waals surface area contributed by atoms with Gasteiger partial charge in [-0.25, -0.2) is 15.0 Å². The minimum absolute atomic E-state index is 0.00167. The van der Waals surface area contributed by atoms with Gasteiger partial charge in [0, 0.05) is 12.4 Å². The highest BCUT2D eigenvalue weighted by Gasteiger charge is 2.26. The van der Waals surface area contributed by atoms with Gasteiger partial charge in [-0.05, 0) is 5.56 Å². The molecule has 1 unspecified atom stereocenters. The van der Waals surface area contributed by atoms with Crippen molar-refractivity contribution >= 4 is 17.8 Å². The minimum atomic E-state index is -0.324. The number of hydrogen-bond donors (Lipinski definition) is 0. The molecule has 3 rings (SSSR count). The summed E-state index contributed by atoms with van der Waals surface area (Å²) in [7, 11) is 0. The fraction of sp³-hybridized carbons (Fsp3) is 0.0769. The molecular formula is C13H9N3O. The Kier molecular flexibility index (Phi) is 2.26. The molecule has 0 fully saturated rings. The van der Waals surface area contributed by atoms with Crippen LogP contribution in [0.2, 0.25) is 0 Å². The monoisotopic (exact) mass is 223 g/mol. The zero-order valence-electron chi connectivity index (χ0n) is 8.95. The molecule has 0 aliphatic carbocycles. The number of carbonyl (C=O) groups excluding carboxylic acids is 1. The highest BCUT2D eigenvalue weighted by Crippen LogP contribution is 2.28. The van der Waals surface area contributed by atoms with E-state index in [2.05, 4.69) is 15.0 Å². The fourth-order valence-corrected chi connectivity index (χ4v) is 1.88. The maximum absolute atomic E-state index is 12.2. The van der Waals surface area contributed by atoms with E-state index in [-0.39, 0.29) is 11.7 Å². The van der Waals surface area contributed by atoms with Gasteiger partial charge in [0.15, 0.2) is 11.6 Å². The lowest BCUT2D eigenvalue weighted by Crippen LogP contribution is -2.18. The van der Waals surface area contributed by atoms with E-state index in [4.69, 9.17) is 0 Å². The normalized spacial score (nSPS) is 17.9. The van der Waals surface area contributed by atoms with Crippen LogP contribution in [0.3, 0.4) is 0 Å². The zero-order valence-corrected chi connectivity index (χ0v) is 8.95. The maximum Gasteiger partial charge on any atom is 0.181 e. The molecule has 0 radical (unpaired) electrons. The topological polar surface area (TPSA) is 55.2 Å². The average molecular weight is 223 g/mol. The van der Waals surface area contributed by atoms with E-state index in [1.54, 1.807) is 6.21 Å². The Labute approximate surface area is 98.1 Å². The molecule has 1 aliphatic heterocycles. The Hall–Kier alpha value is -2.36. The van der Waals surface area contributed by atoms with Gasteiger partial charge in [-0.1, -0.05) is 30.3 Å². The maximum atomic E-state index is 12.2. The number of Topliss-reactive ketones (excluding diaryl/α,β-unsaturated/α-hetero) is 1. The molecule has 0 spiro atoms. The molecule has 0 bridgehead atoms. The van der Waals surface area contributed by atoms with Gasteiger partial charge >= 0.3 is 0 Å². The summed E-state index contributed by atoms with van der Waals surface area (Å²) in [5.74, 6) is 0.133. The average Bonchev–Trinajstić information content (AvgIpc) is 2.40. The first kappa shape index (κ1) is 9.84. The number of nitrogens with zero attached hydrogens (tertiary/aromatic N) is 3. The van der Waals surface area contributed by atoms with Crippen molar-refractivity contribution in [1.29, 1.82) is 0 Å². The van der Waals surface area contributed by atoms with Crippen molar-refractivity contribution in [3.8, 4) is 0 Å². The van der Waals surface area contributed by atoms with E-state index in [1.807, 2.05) is 30.3 Å². The molecule has 0 amide bonds. The smallest absolute Gasteiger partial charge is 0.181 e. The lowest BCUT2D eigenvalue weighted by atomic mass is 9.91. The Balaban J connectivity index is 2.06. The Morgan fingerprint density at radius 2 is 1.94 bits per heavy atom. The minimum Gasteiger partial charge on any atom is -0.293 e. The van der Waals surface area contributed by atoms with Gasteiger partial charge in [-0.3, -0.25) is 4.79 Å². The third-order valence-corrected chi connectivity index (χ3v) is 2.74. The third-order valence-electron chi connectivity index (χ3n) is 2.74. The molecule has 2 aromatic rings. The largest absolute Gasteiger partial charge is 0.293 e. The fourth-order valence-electron chi connectivity index (χ4n) is 1.88. The number of benzene rings is 1. The second-order valence-corrected chi connectivity index (χ2v) is 3.79. The summed E-state index contributed by atoms with van der Waals surface area (Å²) in [5.41, 5.74) is 1.43. The summed E-state index contributed by atoms with van der Waals surface area (Å²) in [5, 5.41) is 0. The van der Waals surface area contributed by atoms with Gasteiger partial charge in [0.25, 0.3) is 0 Å². The zero-order chi connectivity index (χ0) is 11.7. The van der Waals surface area contributed by atoms with E-state index in [1.165, 1.54) is 12.5 Å². The Morgan fingerprint density at radius 3 is 2.76 bits per heavy atom. The molecule has 0 N–H and O–H groups in total. The molecule has 4 nitrogen and oxygen atoms in total. The van der Waals surface area contributed by atoms with Gasteiger partial charge in [0.2, 0.25) is 0 Å².